The molecule has 0 fully saturated rings. The minimum atomic E-state index is 0.915. The molecule has 38 heavy (non-hydrogen) atoms. The van der Waals surface area contributed by atoms with Crippen molar-refractivity contribution in [1.82, 2.24) is 0 Å². The fourth-order valence-corrected chi connectivity index (χ4v) is 5.82. The summed E-state index contributed by atoms with van der Waals surface area (Å²) in [6, 6.07) is 49.7. The highest BCUT2D eigenvalue weighted by molar-refractivity contribution is 6.15. The van der Waals surface area contributed by atoms with E-state index >= 15 is 0 Å². The van der Waals surface area contributed by atoms with E-state index in [1.165, 1.54) is 26.9 Å². The number of fused-ring (bicyclic) bond motifs is 7. The highest BCUT2D eigenvalue weighted by atomic mass is 16.3. The van der Waals surface area contributed by atoms with E-state index in [-0.39, 0.29) is 0 Å². The number of anilines is 3. The molecule has 0 saturated heterocycles. The molecule has 0 aliphatic rings. The predicted molar refractivity (Wildman–Crippen MR) is 161 cm³/mol. The van der Waals surface area contributed by atoms with Crippen LogP contribution in [0.5, 0.6) is 0 Å². The summed E-state index contributed by atoms with van der Waals surface area (Å²) in [4.78, 5) is 2.37. The van der Waals surface area contributed by atoms with Crippen LogP contribution in [0.15, 0.2) is 144 Å². The van der Waals surface area contributed by atoms with Crippen molar-refractivity contribution in [1.29, 1.82) is 0 Å². The van der Waals surface area contributed by atoms with Crippen molar-refractivity contribution in [3.05, 3.63) is 140 Å². The number of benzene rings is 7. The summed E-state index contributed by atoms with van der Waals surface area (Å²) in [6.07, 6.45) is 0. The van der Waals surface area contributed by atoms with Crippen LogP contribution in [0.3, 0.4) is 0 Å². The zero-order valence-electron chi connectivity index (χ0n) is 20.6. The Kier molecular flexibility index (Phi) is 4.55. The van der Waals surface area contributed by atoms with E-state index in [4.69, 9.17) is 4.42 Å². The van der Waals surface area contributed by atoms with Crippen molar-refractivity contribution in [2.45, 2.75) is 0 Å². The zero-order chi connectivity index (χ0) is 25.1. The molecule has 0 amide bonds. The highest BCUT2D eigenvalue weighted by Crippen LogP contribution is 2.43. The summed E-state index contributed by atoms with van der Waals surface area (Å²) in [7, 11) is 0. The first kappa shape index (κ1) is 21.0. The number of hydrogen-bond donors (Lipinski definition) is 0. The van der Waals surface area contributed by atoms with Crippen molar-refractivity contribution < 1.29 is 4.42 Å². The van der Waals surface area contributed by atoms with Crippen molar-refractivity contribution in [2.75, 3.05) is 4.90 Å². The van der Waals surface area contributed by atoms with Crippen LogP contribution in [0, 0.1) is 0 Å². The number of para-hydroxylation sites is 2. The number of furan rings is 1. The Labute approximate surface area is 220 Å². The molecule has 0 saturated carbocycles. The topological polar surface area (TPSA) is 16.4 Å². The van der Waals surface area contributed by atoms with Gasteiger partial charge in [0.25, 0.3) is 0 Å². The standard InChI is InChI=1S/C36H23NO/c1-2-11-27(12-3-1)37(34-22-25-10-4-5-13-29(25)30-14-6-7-15-31(30)34)28-19-18-24-21-33-32-16-8-9-17-35(32)38-36(33)23-26(24)20-28/h1-23H. The Hall–Kier alpha value is -5.08. The van der Waals surface area contributed by atoms with E-state index in [1.54, 1.807) is 0 Å². The Bertz CT molecular complexity index is 2140. The van der Waals surface area contributed by atoms with Gasteiger partial charge in [-0.1, -0.05) is 91.0 Å². The Morgan fingerprint density at radius 2 is 1.08 bits per heavy atom. The lowest BCUT2D eigenvalue weighted by atomic mass is 9.98. The second-order valence-corrected chi connectivity index (χ2v) is 9.81. The minimum Gasteiger partial charge on any atom is -0.456 e. The van der Waals surface area contributed by atoms with Crippen LogP contribution < -0.4 is 4.90 Å². The first-order chi connectivity index (χ1) is 18.8. The van der Waals surface area contributed by atoms with Crippen LogP contribution >= 0.6 is 0 Å². The molecule has 0 atom stereocenters. The van der Waals surface area contributed by atoms with Crippen molar-refractivity contribution in [3.63, 3.8) is 0 Å². The van der Waals surface area contributed by atoms with Crippen molar-refractivity contribution >= 4 is 71.3 Å². The second kappa shape index (κ2) is 8.22. The zero-order valence-corrected chi connectivity index (χ0v) is 20.6. The van der Waals surface area contributed by atoms with Crippen LogP contribution in [0.25, 0.3) is 54.3 Å². The Balaban J connectivity index is 1.41. The minimum absolute atomic E-state index is 0.915. The first-order valence-electron chi connectivity index (χ1n) is 12.9. The smallest absolute Gasteiger partial charge is 0.136 e. The molecule has 1 aromatic heterocycles. The first-order valence-corrected chi connectivity index (χ1v) is 12.9. The lowest BCUT2D eigenvalue weighted by molar-refractivity contribution is 0.669. The average molecular weight is 486 g/mol. The molecule has 0 aliphatic heterocycles. The van der Waals surface area contributed by atoms with E-state index in [2.05, 4.69) is 132 Å². The SMILES string of the molecule is c1ccc(N(c2ccc3cc4c(cc3c2)oc2ccccc24)c2cc3ccccc3c3ccccc23)cc1. The normalized spacial score (nSPS) is 11.7. The fourth-order valence-electron chi connectivity index (χ4n) is 5.82. The summed E-state index contributed by atoms with van der Waals surface area (Å²) in [5.74, 6) is 0. The molecule has 0 aliphatic carbocycles. The maximum atomic E-state index is 6.22. The summed E-state index contributed by atoms with van der Waals surface area (Å²) in [5, 5.41) is 9.64. The van der Waals surface area contributed by atoms with Crippen LogP contribution in [-0.2, 0) is 0 Å². The molecule has 8 rings (SSSR count). The summed E-state index contributed by atoms with van der Waals surface area (Å²) in [5.41, 5.74) is 5.23. The molecule has 7 aromatic carbocycles. The van der Waals surface area contributed by atoms with Crippen LogP contribution in [0.2, 0.25) is 0 Å². The third-order valence-electron chi connectivity index (χ3n) is 7.58. The predicted octanol–water partition coefficient (Wildman–Crippen LogP) is 10.5. The molecule has 2 nitrogen and oxygen atoms in total. The molecule has 0 spiro atoms. The van der Waals surface area contributed by atoms with Gasteiger partial charge in [0.15, 0.2) is 0 Å². The lowest BCUT2D eigenvalue weighted by Crippen LogP contribution is -2.10. The molecule has 0 radical (unpaired) electrons. The molecular weight excluding hydrogens is 462 g/mol. The van der Waals surface area contributed by atoms with Crippen molar-refractivity contribution in [2.24, 2.45) is 0 Å². The van der Waals surface area contributed by atoms with Crippen LogP contribution in [0.4, 0.5) is 17.1 Å². The van der Waals surface area contributed by atoms with Gasteiger partial charge in [-0.05, 0) is 75.5 Å². The Morgan fingerprint density at radius 1 is 0.368 bits per heavy atom. The number of hydrogen-bond acceptors (Lipinski definition) is 2. The van der Waals surface area contributed by atoms with Gasteiger partial charge in [-0.25, -0.2) is 0 Å². The molecule has 0 unspecified atom stereocenters. The van der Waals surface area contributed by atoms with Gasteiger partial charge in [-0.3, -0.25) is 0 Å². The Morgan fingerprint density at radius 3 is 1.95 bits per heavy atom. The van der Waals surface area contributed by atoms with Gasteiger partial charge >= 0.3 is 0 Å². The fraction of sp³-hybridized carbons (Fsp3) is 0. The van der Waals surface area contributed by atoms with Crippen molar-refractivity contribution in [3.8, 4) is 0 Å². The summed E-state index contributed by atoms with van der Waals surface area (Å²) >= 11 is 0. The molecule has 2 heteroatoms. The van der Waals surface area contributed by atoms with Gasteiger partial charge < -0.3 is 9.32 Å². The highest BCUT2D eigenvalue weighted by Gasteiger charge is 2.18. The molecule has 178 valence electrons. The van der Waals surface area contributed by atoms with Gasteiger partial charge in [0.05, 0.1) is 5.69 Å². The largest absolute Gasteiger partial charge is 0.456 e. The van der Waals surface area contributed by atoms with Crippen LogP contribution in [0.1, 0.15) is 0 Å². The third-order valence-corrected chi connectivity index (χ3v) is 7.58. The summed E-state index contributed by atoms with van der Waals surface area (Å²) in [6.45, 7) is 0. The van der Waals surface area contributed by atoms with Crippen LogP contribution in [-0.4, -0.2) is 0 Å². The summed E-state index contributed by atoms with van der Waals surface area (Å²) < 4.78 is 6.22. The molecule has 1 heterocycles. The van der Waals surface area contributed by atoms with E-state index in [1.807, 2.05) is 12.1 Å². The van der Waals surface area contributed by atoms with E-state index in [0.29, 0.717) is 0 Å². The number of nitrogens with zero attached hydrogens (tertiary/aromatic N) is 1. The van der Waals surface area contributed by atoms with Gasteiger partial charge in [0.2, 0.25) is 0 Å². The maximum absolute atomic E-state index is 6.22. The third kappa shape index (κ3) is 3.21. The van der Waals surface area contributed by atoms with E-state index in [9.17, 15) is 0 Å². The van der Waals surface area contributed by atoms with E-state index < -0.39 is 0 Å². The second-order valence-electron chi connectivity index (χ2n) is 9.81. The van der Waals surface area contributed by atoms with E-state index in [0.717, 1.165) is 44.4 Å². The molecule has 0 bridgehead atoms. The monoisotopic (exact) mass is 485 g/mol. The average Bonchev–Trinajstić information content (AvgIpc) is 3.34. The molecular formula is C36H23NO. The quantitative estimate of drug-likeness (QED) is 0.231. The van der Waals surface area contributed by atoms with Gasteiger partial charge in [0, 0.05) is 27.5 Å². The van der Waals surface area contributed by atoms with Gasteiger partial charge in [0.1, 0.15) is 11.2 Å². The number of rotatable bonds is 3. The van der Waals surface area contributed by atoms with Gasteiger partial charge in [-0.15, -0.1) is 0 Å². The molecule has 8 aromatic rings. The lowest BCUT2D eigenvalue weighted by Gasteiger charge is -2.28. The van der Waals surface area contributed by atoms with Gasteiger partial charge in [-0.2, -0.15) is 0 Å². The maximum Gasteiger partial charge on any atom is 0.136 e. The molecule has 0 N–H and O–H groups in total.